The second-order valence-electron chi connectivity index (χ2n) is 4.69. The van der Waals surface area contributed by atoms with E-state index in [2.05, 4.69) is 5.32 Å². The molecule has 2 aromatic carbocycles. The first kappa shape index (κ1) is 12.4. The Bertz CT molecular complexity index is 735. The Morgan fingerprint density at radius 2 is 1.55 bits per heavy atom. The lowest BCUT2D eigenvalue weighted by Gasteiger charge is -2.21. The maximum absolute atomic E-state index is 12.7. The number of nitrogens with two attached hydrogens (primary N) is 1. The normalized spacial score (nSPS) is 12.8. The smallest absolute Gasteiger partial charge is 0.196 e. The Balaban J connectivity index is 2.32. The van der Waals surface area contributed by atoms with Crippen LogP contribution in [0.2, 0.25) is 0 Å². The van der Waals surface area contributed by atoms with E-state index in [0.717, 1.165) is 0 Å². The molecule has 0 heterocycles. The first-order chi connectivity index (χ1) is 9.65. The zero-order valence-corrected chi connectivity index (χ0v) is 11.1. The van der Waals surface area contributed by atoms with E-state index in [-0.39, 0.29) is 11.6 Å². The summed E-state index contributed by atoms with van der Waals surface area (Å²) in [6.07, 6.45) is 0. The van der Waals surface area contributed by atoms with Gasteiger partial charge in [0.05, 0.1) is 11.1 Å². The van der Waals surface area contributed by atoms with Gasteiger partial charge in [-0.15, -0.1) is 0 Å². The standard InChI is InChI=1S/C16H14N2O2/c1-2-18-12-8-7-11(17)13-14(12)16(20)10-6-4-3-5-9(10)15(13)19/h3-8,18H,2,17H2,1H3. The highest BCUT2D eigenvalue weighted by atomic mass is 16.1. The number of hydrogen-bond donors (Lipinski definition) is 2. The fourth-order valence-corrected chi connectivity index (χ4v) is 2.59. The van der Waals surface area contributed by atoms with Crippen LogP contribution >= 0.6 is 0 Å². The van der Waals surface area contributed by atoms with Crippen LogP contribution in [0.4, 0.5) is 11.4 Å². The molecule has 0 amide bonds. The van der Waals surface area contributed by atoms with Gasteiger partial charge in [-0.25, -0.2) is 0 Å². The van der Waals surface area contributed by atoms with E-state index in [9.17, 15) is 9.59 Å². The van der Waals surface area contributed by atoms with E-state index < -0.39 is 0 Å². The molecule has 0 saturated heterocycles. The van der Waals surface area contributed by atoms with Crippen molar-refractivity contribution in [2.45, 2.75) is 6.92 Å². The summed E-state index contributed by atoms with van der Waals surface area (Å²) in [6, 6.07) is 10.3. The SMILES string of the molecule is CCNc1ccc(N)c2c1C(=O)c1ccccc1C2=O. The first-order valence-electron chi connectivity index (χ1n) is 6.50. The largest absolute Gasteiger partial charge is 0.398 e. The highest BCUT2D eigenvalue weighted by molar-refractivity contribution is 6.31. The third-order valence-electron chi connectivity index (χ3n) is 3.48. The number of anilines is 2. The van der Waals surface area contributed by atoms with E-state index in [4.69, 9.17) is 5.73 Å². The van der Waals surface area contributed by atoms with Gasteiger partial charge in [-0.05, 0) is 19.1 Å². The molecular weight excluding hydrogens is 252 g/mol. The zero-order chi connectivity index (χ0) is 14.3. The van der Waals surface area contributed by atoms with Gasteiger partial charge >= 0.3 is 0 Å². The summed E-state index contributed by atoms with van der Waals surface area (Å²) < 4.78 is 0. The van der Waals surface area contributed by atoms with Crippen LogP contribution in [0.25, 0.3) is 0 Å². The molecule has 0 aromatic heterocycles. The molecule has 0 spiro atoms. The van der Waals surface area contributed by atoms with Crippen LogP contribution in [-0.4, -0.2) is 18.1 Å². The minimum atomic E-state index is -0.188. The molecule has 0 radical (unpaired) electrons. The number of fused-ring (bicyclic) bond motifs is 2. The lowest BCUT2D eigenvalue weighted by atomic mass is 9.82. The zero-order valence-electron chi connectivity index (χ0n) is 11.1. The van der Waals surface area contributed by atoms with Crippen LogP contribution < -0.4 is 11.1 Å². The summed E-state index contributed by atoms with van der Waals surface area (Å²) in [4.78, 5) is 25.2. The monoisotopic (exact) mass is 266 g/mol. The Morgan fingerprint density at radius 3 is 2.15 bits per heavy atom. The molecule has 1 aliphatic carbocycles. The number of carbonyl (C=O) groups is 2. The molecule has 0 saturated carbocycles. The topological polar surface area (TPSA) is 72.2 Å². The Kier molecular flexibility index (Phi) is 2.79. The van der Waals surface area contributed by atoms with Crippen molar-refractivity contribution in [1.82, 2.24) is 0 Å². The average molecular weight is 266 g/mol. The molecule has 3 N–H and O–H groups in total. The third kappa shape index (κ3) is 1.61. The van der Waals surface area contributed by atoms with E-state index >= 15 is 0 Å². The highest BCUT2D eigenvalue weighted by Gasteiger charge is 2.32. The molecule has 0 unspecified atom stereocenters. The van der Waals surface area contributed by atoms with Crippen molar-refractivity contribution in [3.05, 3.63) is 58.7 Å². The van der Waals surface area contributed by atoms with Crippen LogP contribution in [0.5, 0.6) is 0 Å². The second kappa shape index (κ2) is 4.49. The Hall–Kier alpha value is -2.62. The minimum absolute atomic E-state index is 0.154. The molecule has 0 aliphatic heterocycles. The summed E-state index contributed by atoms with van der Waals surface area (Å²) in [5.74, 6) is -0.342. The van der Waals surface area contributed by atoms with Gasteiger partial charge in [0.25, 0.3) is 0 Å². The molecule has 4 nitrogen and oxygen atoms in total. The van der Waals surface area contributed by atoms with Gasteiger partial charge in [0, 0.05) is 29.0 Å². The third-order valence-corrected chi connectivity index (χ3v) is 3.48. The van der Waals surface area contributed by atoms with Crippen LogP contribution in [0.1, 0.15) is 38.8 Å². The molecule has 100 valence electrons. The quantitative estimate of drug-likeness (QED) is 0.699. The average Bonchev–Trinajstić information content (AvgIpc) is 2.47. The molecule has 0 atom stereocenters. The maximum atomic E-state index is 12.7. The van der Waals surface area contributed by atoms with Gasteiger partial charge in [0.15, 0.2) is 11.6 Å². The summed E-state index contributed by atoms with van der Waals surface area (Å²) >= 11 is 0. The number of nitrogens with one attached hydrogen (secondary N) is 1. The molecule has 1 aliphatic rings. The van der Waals surface area contributed by atoms with Crippen LogP contribution in [0, 0.1) is 0 Å². The van der Waals surface area contributed by atoms with Crippen LogP contribution in [0.3, 0.4) is 0 Å². The fourth-order valence-electron chi connectivity index (χ4n) is 2.59. The van der Waals surface area contributed by atoms with Crippen LogP contribution in [-0.2, 0) is 0 Å². The number of ketones is 2. The van der Waals surface area contributed by atoms with Crippen LogP contribution in [0.15, 0.2) is 36.4 Å². The van der Waals surface area contributed by atoms with Gasteiger partial charge in [-0.2, -0.15) is 0 Å². The van der Waals surface area contributed by atoms with E-state index in [1.165, 1.54) is 0 Å². The van der Waals surface area contributed by atoms with Crippen molar-refractivity contribution in [1.29, 1.82) is 0 Å². The van der Waals surface area contributed by atoms with Gasteiger partial charge in [-0.3, -0.25) is 9.59 Å². The highest BCUT2D eigenvalue weighted by Crippen LogP contribution is 2.35. The molecule has 0 fully saturated rings. The number of nitrogen functional groups attached to an aromatic ring is 1. The minimum Gasteiger partial charge on any atom is -0.398 e. The molecule has 4 heteroatoms. The molecular formula is C16H14N2O2. The molecule has 2 aromatic rings. The number of carbonyl (C=O) groups excluding carboxylic acids is 2. The second-order valence-corrected chi connectivity index (χ2v) is 4.69. The predicted octanol–water partition coefficient (Wildman–Crippen LogP) is 2.48. The predicted molar refractivity (Wildman–Crippen MR) is 78.3 cm³/mol. The van der Waals surface area contributed by atoms with Gasteiger partial charge in [0.1, 0.15) is 0 Å². The van der Waals surface area contributed by atoms with Crippen molar-refractivity contribution in [3.63, 3.8) is 0 Å². The summed E-state index contributed by atoms with van der Waals surface area (Å²) in [7, 11) is 0. The van der Waals surface area contributed by atoms with Crippen molar-refractivity contribution >= 4 is 22.9 Å². The lowest BCUT2D eigenvalue weighted by molar-refractivity contribution is 0.0980. The maximum Gasteiger partial charge on any atom is 0.196 e. The van der Waals surface area contributed by atoms with Gasteiger partial charge in [-0.1, -0.05) is 24.3 Å². The van der Waals surface area contributed by atoms with E-state index in [1.807, 2.05) is 6.92 Å². The van der Waals surface area contributed by atoms with Gasteiger partial charge < -0.3 is 11.1 Å². The van der Waals surface area contributed by atoms with E-state index in [1.54, 1.807) is 36.4 Å². The van der Waals surface area contributed by atoms with Crippen molar-refractivity contribution in [2.24, 2.45) is 0 Å². The number of benzene rings is 2. The Labute approximate surface area is 116 Å². The molecule has 20 heavy (non-hydrogen) atoms. The van der Waals surface area contributed by atoms with E-state index in [0.29, 0.717) is 40.2 Å². The molecule has 3 rings (SSSR count). The number of hydrogen-bond acceptors (Lipinski definition) is 4. The van der Waals surface area contributed by atoms with Crippen molar-refractivity contribution in [2.75, 3.05) is 17.6 Å². The van der Waals surface area contributed by atoms with Crippen molar-refractivity contribution < 1.29 is 9.59 Å². The van der Waals surface area contributed by atoms with Gasteiger partial charge in [0.2, 0.25) is 0 Å². The van der Waals surface area contributed by atoms with Crippen molar-refractivity contribution in [3.8, 4) is 0 Å². The lowest BCUT2D eigenvalue weighted by Crippen LogP contribution is -2.24. The summed E-state index contributed by atoms with van der Waals surface area (Å²) in [6.45, 7) is 2.60. The first-order valence-corrected chi connectivity index (χ1v) is 6.50. The molecule has 0 bridgehead atoms. The summed E-state index contributed by atoms with van der Waals surface area (Å²) in [5, 5.41) is 3.12. The fraction of sp³-hybridized carbons (Fsp3) is 0.125. The Morgan fingerprint density at radius 1 is 0.950 bits per heavy atom. The summed E-state index contributed by atoms with van der Waals surface area (Å²) in [5.41, 5.74) is 8.47. The number of rotatable bonds is 2.